The Labute approximate surface area is 193 Å². The standard InChI is InChI=1S/C27H26ClNO3/c1-17-14-18(2)16-22(15-17)29-24(30)26(3,4)27(25(29)31,19-6-10-21(28)11-7-19)20-8-12-23(32-5)13-9-20/h6-16H,1-5H3/t27-/m0/s1. The quantitative estimate of drug-likeness (QED) is 0.471. The van der Waals surface area contributed by atoms with E-state index in [9.17, 15) is 9.59 Å². The Bertz CT molecular complexity index is 1180. The first-order valence-corrected chi connectivity index (χ1v) is 10.9. The molecule has 0 aromatic heterocycles. The molecule has 1 saturated heterocycles. The Balaban J connectivity index is 2.02. The molecule has 0 N–H and O–H groups in total. The summed E-state index contributed by atoms with van der Waals surface area (Å²) in [6.07, 6.45) is 0. The summed E-state index contributed by atoms with van der Waals surface area (Å²) in [5.41, 5.74) is 1.76. The number of hydrogen-bond donors (Lipinski definition) is 0. The zero-order valence-electron chi connectivity index (χ0n) is 18.9. The molecule has 0 aliphatic carbocycles. The van der Waals surface area contributed by atoms with Gasteiger partial charge >= 0.3 is 0 Å². The summed E-state index contributed by atoms with van der Waals surface area (Å²) in [7, 11) is 1.60. The van der Waals surface area contributed by atoms with E-state index in [-0.39, 0.29) is 11.8 Å². The number of hydrogen-bond acceptors (Lipinski definition) is 3. The van der Waals surface area contributed by atoms with Crippen LogP contribution in [0.1, 0.15) is 36.1 Å². The van der Waals surface area contributed by atoms with E-state index in [1.165, 1.54) is 4.90 Å². The molecule has 0 saturated carbocycles. The van der Waals surface area contributed by atoms with Gasteiger partial charge in [0.2, 0.25) is 11.8 Å². The van der Waals surface area contributed by atoms with Crippen LogP contribution in [-0.2, 0) is 15.0 Å². The third-order valence-electron chi connectivity index (χ3n) is 6.46. The van der Waals surface area contributed by atoms with Gasteiger partial charge in [0.1, 0.15) is 11.2 Å². The molecule has 2 amide bonds. The number of benzene rings is 3. The van der Waals surface area contributed by atoms with Gasteiger partial charge in [0, 0.05) is 5.02 Å². The summed E-state index contributed by atoms with van der Waals surface area (Å²) in [6.45, 7) is 7.61. The second kappa shape index (κ2) is 7.79. The van der Waals surface area contributed by atoms with Crippen molar-refractivity contribution in [1.29, 1.82) is 0 Å². The second-order valence-electron chi connectivity index (χ2n) is 8.90. The Kier molecular flexibility index (Phi) is 5.38. The molecular formula is C27H26ClNO3. The van der Waals surface area contributed by atoms with Crippen LogP contribution in [0.3, 0.4) is 0 Å². The highest BCUT2D eigenvalue weighted by Crippen LogP contribution is 2.55. The zero-order chi connectivity index (χ0) is 23.3. The molecule has 1 aliphatic heterocycles. The van der Waals surface area contributed by atoms with Crippen molar-refractivity contribution in [3.05, 3.63) is 94.0 Å². The Morgan fingerprint density at radius 3 is 1.78 bits per heavy atom. The normalized spacial score (nSPS) is 20.0. The lowest BCUT2D eigenvalue weighted by Gasteiger charge is -2.38. The minimum atomic E-state index is -1.22. The van der Waals surface area contributed by atoms with Gasteiger partial charge in [0.15, 0.2) is 0 Å². The number of rotatable bonds is 4. The topological polar surface area (TPSA) is 46.6 Å². The minimum absolute atomic E-state index is 0.238. The first-order chi connectivity index (χ1) is 15.1. The Hall–Kier alpha value is -3.11. The first kappa shape index (κ1) is 22.1. The zero-order valence-corrected chi connectivity index (χ0v) is 19.7. The average Bonchev–Trinajstić information content (AvgIpc) is 2.90. The van der Waals surface area contributed by atoms with Gasteiger partial charge in [0.25, 0.3) is 0 Å². The van der Waals surface area contributed by atoms with Crippen molar-refractivity contribution in [2.75, 3.05) is 12.0 Å². The number of carbonyl (C=O) groups excluding carboxylic acids is 2. The van der Waals surface area contributed by atoms with Crippen LogP contribution in [0.25, 0.3) is 0 Å². The van der Waals surface area contributed by atoms with E-state index >= 15 is 0 Å². The van der Waals surface area contributed by atoms with E-state index in [1.54, 1.807) is 19.2 Å². The summed E-state index contributed by atoms with van der Waals surface area (Å²) in [4.78, 5) is 29.6. The molecule has 1 atom stereocenters. The summed E-state index contributed by atoms with van der Waals surface area (Å²) in [5.74, 6) is 0.170. The van der Waals surface area contributed by atoms with Crippen LogP contribution in [0.4, 0.5) is 5.69 Å². The van der Waals surface area contributed by atoms with Gasteiger partial charge in [-0.3, -0.25) is 9.59 Å². The van der Waals surface area contributed by atoms with Crippen LogP contribution >= 0.6 is 11.6 Å². The Morgan fingerprint density at radius 1 is 0.781 bits per heavy atom. The molecular weight excluding hydrogens is 422 g/mol. The lowest BCUT2D eigenvalue weighted by molar-refractivity contribution is -0.125. The van der Waals surface area contributed by atoms with Crippen LogP contribution in [0.5, 0.6) is 5.75 Å². The van der Waals surface area contributed by atoms with Crippen molar-refractivity contribution >= 4 is 29.1 Å². The van der Waals surface area contributed by atoms with Gasteiger partial charge in [-0.1, -0.05) is 41.9 Å². The number of amides is 2. The molecule has 1 heterocycles. The van der Waals surface area contributed by atoms with Gasteiger partial charge in [-0.15, -0.1) is 0 Å². The fourth-order valence-electron chi connectivity index (χ4n) is 4.96. The fraction of sp³-hybridized carbons (Fsp3) is 0.259. The maximum atomic E-state index is 14.4. The van der Waals surface area contributed by atoms with Crippen molar-refractivity contribution in [1.82, 2.24) is 0 Å². The smallest absolute Gasteiger partial charge is 0.249 e. The predicted octanol–water partition coefficient (Wildman–Crippen LogP) is 5.85. The highest BCUT2D eigenvalue weighted by atomic mass is 35.5. The molecule has 3 aromatic rings. The molecule has 0 unspecified atom stereocenters. The fourth-order valence-corrected chi connectivity index (χ4v) is 5.08. The lowest BCUT2D eigenvalue weighted by atomic mass is 9.59. The van der Waals surface area contributed by atoms with Crippen molar-refractivity contribution in [3.63, 3.8) is 0 Å². The van der Waals surface area contributed by atoms with E-state index in [1.807, 2.05) is 82.3 Å². The molecule has 1 aliphatic rings. The van der Waals surface area contributed by atoms with Crippen molar-refractivity contribution in [2.24, 2.45) is 5.41 Å². The molecule has 4 nitrogen and oxygen atoms in total. The van der Waals surface area contributed by atoms with Gasteiger partial charge in [-0.2, -0.15) is 0 Å². The van der Waals surface area contributed by atoms with Crippen LogP contribution in [-0.4, -0.2) is 18.9 Å². The van der Waals surface area contributed by atoms with E-state index in [0.29, 0.717) is 16.5 Å². The van der Waals surface area contributed by atoms with Crippen LogP contribution < -0.4 is 9.64 Å². The maximum absolute atomic E-state index is 14.4. The van der Waals surface area contributed by atoms with Crippen molar-refractivity contribution in [2.45, 2.75) is 33.1 Å². The number of anilines is 1. The van der Waals surface area contributed by atoms with E-state index < -0.39 is 10.8 Å². The molecule has 4 rings (SSSR count). The number of carbonyl (C=O) groups is 2. The van der Waals surface area contributed by atoms with E-state index in [4.69, 9.17) is 16.3 Å². The largest absolute Gasteiger partial charge is 0.497 e. The maximum Gasteiger partial charge on any atom is 0.249 e. The van der Waals surface area contributed by atoms with Crippen LogP contribution in [0, 0.1) is 19.3 Å². The average molecular weight is 448 g/mol. The number of nitrogens with zero attached hydrogens (tertiary/aromatic N) is 1. The monoisotopic (exact) mass is 447 g/mol. The molecule has 0 radical (unpaired) electrons. The second-order valence-corrected chi connectivity index (χ2v) is 9.34. The highest BCUT2D eigenvalue weighted by molar-refractivity contribution is 6.31. The SMILES string of the molecule is COc1ccc([C@@]2(c3ccc(Cl)cc3)C(=O)N(c3cc(C)cc(C)c3)C(=O)C2(C)C)cc1. The number of methoxy groups -OCH3 is 1. The van der Waals surface area contributed by atoms with E-state index in [2.05, 4.69) is 0 Å². The summed E-state index contributed by atoms with van der Waals surface area (Å²) in [6, 6.07) is 20.3. The summed E-state index contributed by atoms with van der Waals surface area (Å²) in [5, 5.41) is 0.569. The number of halogens is 1. The summed E-state index contributed by atoms with van der Waals surface area (Å²) < 4.78 is 5.32. The van der Waals surface area contributed by atoms with Crippen molar-refractivity contribution in [3.8, 4) is 5.75 Å². The summed E-state index contributed by atoms with van der Waals surface area (Å²) >= 11 is 6.17. The third-order valence-corrected chi connectivity index (χ3v) is 6.72. The highest BCUT2D eigenvalue weighted by Gasteiger charge is 2.66. The van der Waals surface area contributed by atoms with Crippen LogP contribution in [0.15, 0.2) is 66.7 Å². The van der Waals surface area contributed by atoms with Gasteiger partial charge in [-0.05, 0) is 86.3 Å². The predicted molar refractivity (Wildman–Crippen MR) is 127 cm³/mol. The lowest BCUT2D eigenvalue weighted by Crippen LogP contribution is -2.46. The molecule has 3 aromatic carbocycles. The van der Waals surface area contributed by atoms with Gasteiger partial charge < -0.3 is 4.74 Å². The minimum Gasteiger partial charge on any atom is -0.497 e. The molecule has 5 heteroatoms. The molecule has 1 fully saturated rings. The molecule has 0 bridgehead atoms. The Morgan fingerprint density at radius 2 is 1.28 bits per heavy atom. The van der Waals surface area contributed by atoms with Crippen LogP contribution in [0.2, 0.25) is 5.02 Å². The molecule has 32 heavy (non-hydrogen) atoms. The van der Waals surface area contributed by atoms with E-state index in [0.717, 1.165) is 22.3 Å². The number of aryl methyl sites for hydroxylation is 2. The molecule has 0 spiro atoms. The molecule has 164 valence electrons. The van der Waals surface area contributed by atoms with Gasteiger partial charge in [0.05, 0.1) is 18.2 Å². The number of imide groups is 1. The number of ether oxygens (including phenoxy) is 1. The third kappa shape index (κ3) is 3.13. The van der Waals surface area contributed by atoms with Crippen molar-refractivity contribution < 1.29 is 14.3 Å². The van der Waals surface area contributed by atoms with Gasteiger partial charge in [-0.25, -0.2) is 4.90 Å². The first-order valence-electron chi connectivity index (χ1n) is 10.5.